The fraction of sp³-hybridized carbons (Fsp3) is 0.600. The predicted molar refractivity (Wildman–Crippen MR) is 83.5 cm³/mol. The average molecular weight is 296 g/mol. The van der Waals surface area contributed by atoms with Gasteiger partial charge < -0.3 is 5.32 Å². The second-order valence-corrected chi connectivity index (χ2v) is 7.26. The summed E-state index contributed by atoms with van der Waals surface area (Å²) in [6.07, 6.45) is 4.20. The van der Waals surface area contributed by atoms with Crippen molar-refractivity contribution in [1.82, 2.24) is 5.32 Å². The molecule has 1 atom stereocenters. The van der Waals surface area contributed by atoms with Crippen LogP contribution < -0.4 is 9.62 Å². The average Bonchev–Trinajstić information content (AvgIpc) is 2.48. The first-order chi connectivity index (χ1) is 9.63. The number of hydrogen-bond donors (Lipinski definition) is 1. The molecule has 1 aliphatic heterocycles. The highest BCUT2D eigenvalue weighted by atomic mass is 32.2. The number of piperidine rings is 1. The Morgan fingerprint density at radius 3 is 2.60 bits per heavy atom. The van der Waals surface area contributed by atoms with Crippen molar-refractivity contribution in [2.24, 2.45) is 0 Å². The molecule has 0 aliphatic carbocycles. The largest absolute Gasteiger partial charge is 0.314 e. The molecule has 1 unspecified atom stereocenters. The molecule has 4 nitrogen and oxygen atoms in total. The number of anilines is 1. The van der Waals surface area contributed by atoms with Gasteiger partial charge in [-0.05, 0) is 44.9 Å². The molecule has 1 saturated heterocycles. The van der Waals surface area contributed by atoms with E-state index in [1.54, 1.807) is 0 Å². The van der Waals surface area contributed by atoms with Gasteiger partial charge in [0.25, 0.3) is 0 Å². The lowest BCUT2D eigenvalue weighted by Gasteiger charge is -2.26. The topological polar surface area (TPSA) is 49.4 Å². The summed E-state index contributed by atoms with van der Waals surface area (Å²) in [5.41, 5.74) is 0.756. The summed E-state index contributed by atoms with van der Waals surface area (Å²) in [4.78, 5) is 0. The first-order valence-corrected chi connectivity index (χ1v) is 9.03. The molecule has 0 spiro atoms. The van der Waals surface area contributed by atoms with Crippen molar-refractivity contribution >= 4 is 15.7 Å². The summed E-state index contributed by atoms with van der Waals surface area (Å²) in [5, 5.41) is 3.41. The minimum absolute atomic E-state index is 0.216. The Morgan fingerprint density at radius 2 is 2.00 bits per heavy atom. The Bertz CT molecular complexity index is 496. The van der Waals surface area contributed by atoms with Crippen molar-refractivity contribution in [3.8, 4) is 0 Å². The summed E-state index contributed by atoms with van der Waals surface area (Å²) in [7, 11) is -3.23. The number of benzene rings is 1. The third kappa shape index (κ3) is 3.96. The first kappa shape index (κ1) is 15.3. The first-order valence-electron chi connectivity index (χ1n) is 7.42. The van der Waals surface area contributed by atoms with Gasteiger partial charge in [-0.3, -0.25) is 4.31 Å². The Morgan fingerprint density at radius 1 is 1.25 bits per heavy atom. The second-order valence-electron chi connectivity index (χ2n) is 5.25. The van der Waals surface area contributed by atoms with Crippen molar-refractivity contribution < 1.29 is 8.42 Å². The van der Waals surface area contributed by atoms with E-state index >= 15 is 0 Å². The normalized spacial score (nSPS) is 19.8. The van der Waals surface area contributed by atoms with Gasteiger partial charge in [-0.15, -0.1) is 0 Å². The Hall–Kier alpha value is -1.07. The van der Waals surface area contributed by atoms with Crippen molar-refractivity contribution in [3.05, 3.63) is 30.3 Å². The van der Waals surface area contributed by atoms with Crippen LogP contribution in [0.15, 0.2) is 30.3 Å². The van der Waals surface area contributed by atoms with E-state index < -0.39 is 10.0 Å². The quantitative estimate of drug-likeness (QED) is 0.877. The molecule has 20 heavy (non-hydrogen) atoms. The molecule has 0 bridgehead atoms. The van der Waals surface area contributed by atoms with E-state index in [4.69, 9.17) is 0 Å². The molecule has 1 fully saturated rings. The highest BCUT2D eigenvalue weighted by Crippen LogP contribution is 2.19. The molecule has 2 rings (SSSR count). The van der Waals surface area contributed by atoms with Gasteiger partial charge in [0, 0.05) is 12.6 Å². The van der Waals surface area contributed by atoms with Crippen LogP contribution >= 0.6 is 0 Å². The molecule has 1 aromatic carbocycles. The van der Waals surface area contributed by atoms with Crippen LogP contribution in [-0.4, -0.2) is 33.3 Å². The van der Waals surface area contributed by atoms with Crippen LogP contribution in [0.2, 0.25) is 0 Å². The maximum absolute atomic E-state index is 12.5. The summed E-state index contributed by atoms with van der Waals surface area (Å²) < 4.78 is 26.5. The van der Waals surface area contributed by atoms with Gasteiger partial charge in [0.05, 0.1) is 11.4 Å². The number of para-hydroxylation sites is 1. The van der Waals surface area contributed by atoms with Gasteiger partial charge in [0.1, 0.15) is 0 Å². The summed E-state index contributed by atoms with van der Waals surface area (Å²) in [6.45, 7) is 3.37. The van der Waals surface area contributed by atoms with Crippen molar-refractivity contribution in [2.45, 2.75) is 38.6 Å². The number of nitrogens with one attached hydrogen (secondary N) is 1. The van der Waals surface area contributed by atoms with E-state index in [0.717, 1.165) is 18.7 Å². The van der Waals surface area contributed by atoms with Crippen LogP contribution in [0.1, 0.15) is 32.6 Å². The molecule has 0 saturated carbocycles. The highest BCUT2D eigenvalue weighted by Gasteiger charge is 2.23. The fourth-order valence-corrected chi connectivity index (χ4v) is 4.34. The van der Waals surface area contributed by atoms with Gasteiger partial charge in [-0.25, -0.2) is 8.42 Å². The monoisotopic (exact) mass is 296 g/mol. The van der Waals surface area contributed by atoms with Gasteiger partial charge in [-0.2, -0.15) is 0 Å². The Balaban J connectivity index is 2.00. The molecule has 1 aliphatic rings. The molecule has 1 aromatic rings. The minimum atomic E-state index is -3.23. The second kappa shape index (κ2) is 7.09. The fourth-order valence-electron chi connectivity index (χ4n) is 2.71. The van der Waals surface area contributed by atoms with Crippen LogP contribution in [0.5, 0.6) is 0 Å². The smallest absolute Gasteiger partial charge is 0.235 e. The van der Waals surface area contributed by atoms with Crippen LogP contribution in [0, 0.1) is 0 Å². The van der Waals surface area contributed by atoms with Gasteiger partial charge >= 0.3 is 0 Å². The number of nitrogens with zero attached hydrogens (tertiary/aromatic N) is 1. The van der Waals surface area contributed by atoms with Gasteiger partial charge in [-0.1, -0.05) is 24.6 Å². The van der Waals surface area contributed by atoms with E-state index in [1.807, 2.05) is 37.3 Å². The number of sulfonamides is 1. The zero-order valence-corrected chi connectivity index (χ0v) is 12.9. The zero-order valence-electron chi connectivity index (χ0n) is 12.1. The van der Waals surface area contributed by atoms with Gasteiger partial charge in [0.2, 0.25) is 10.0 Å². The van der Waals surface area contributed by atoms with Gasteiger partial charge in [0.15, 0.2) is 0 Å². The van der Waals surface area contributed by atoms with Crippen molar-refractivity contribution in [2.75, 3.05) is 23.1 Å². The van der Waals surface area contributed by atoms with E-state index in [2.05, 4.69) is 5.32 Å². The summed E-state index contributed by atoms with van der Waals surface area (Å²) >= 11 is 0. The SMILES string of the molecule is CCN(c1ccccc1)S(=O)(=O)CCC1CCCCN1. The van der Waals surface area contributed by atoms with Crippen LogP contribution in [0.4, 0.5) is 5.69 Å². The third-order valence-corrected chi connectivity index (χ3v) is 5.70. The van der Waals surface area contributed by atoms with Crippen LogP contribution in [-0.2, 0) is 10.0 Å². The summed E-state index contributed by atoms with van der Waals surface area (Å²) in [5.74, 6) is 0.216. The van der Waals surface area contributed by atoms with Crippen molar-refractivity contribution in [1.29, 1.82) is 0 Å². The van der Waals surface area contributed by atoms with Crippen LogP contribution in [0.25, 0.3) is 0 Å². The minimum Gasteiger partial charge on any atom is -0.314 e. The van der Waals surface area contributed by atoms with Crippen molar-refractivity contribution in [3.63, 3.8) is 0 Å². The van der Waals surface area contributed by atoms with E-state index in [0.29, 0.717) is 19.0 Å². The Kier molecular flexibility index (Phi) is 5.43. The molecule has 0 amide bonds. The maximum Gasteiger partial charge on any atom is 0.235 e. The lowest BCUT2D eigenvalue weighted by atomic mass is 10.0. The standard InChI is InChI=1S/C15H24N2O2S/c1-2-17(15-9-4-3-5-10-15)20(18,19)13-11-14-8-6-7-12-16-14/h3-5,9-10,14,16H,2,6-8,11-13H2,1H3. The molecule has 1 N–H and O–H groups in total. The van der Waals surface area contributed by atoms with E-state index in [-0.39, 0.29) is 5.75 Å². The molecule has 5 heteroatoms. The number of rotatable bonds is 6. The highest BCUT2D eigenvalue weighted by molar-refractivity contribution is 7.92. The predicted octanol–water partition coefficient (Wildman–Crippen LogP) is 2.37. The maximum atomic E-state index is 12.5. The molecular formula is C15H24N2O2S. The lowest BCUT2D eigenvalue weighted by Crippen LogP contribution is -2.38. The Labute approximate surface area is 122 Å². The van der Waals surface area contributed by atoms with Crippen LogP contribution in [0.3, 0.4) is 0 Å². The number of hydrogen-bond acceptors (Lipinski definition) is 3. The molecular weight excluding hydrogens is 272 g/mol. The summed E-state index contributed by atoms with van der Waals surface area (Å²) in [6, 6.07) is 9.69. The third-order valence-electron chi connectivity index (χ3n) is 3.80. The zero-order chi connectivity index (χ0) is 14.4. The molecule has 0 radical (unpaired) electrons. The van der Waals surface area contributed by atoms with E-state index in [1.165, 1.54) is 17.1 Å². The van der Waals surface area contributed by atoms with E-state index in [9.17, 15) is 8.42 Å². The molecule has 1 heterocycles. The molecule has 112 valence electrons. The molecule has 0 aromatic heterocycles. The lowest BCUT2D eigenvalue weighted by molar-refractivity contribution is 0.392.